The van der Waals surface area contributed by atoms with Crippen LogP contribution in [0.2, 0.25) is 0 Å². The minimum Gasteiger partial charge on any atom is -0.434 e. The van der Waals surface area contributed by atoms with Crippen molar-refractivity contribution in [1.82, 2.24) is 0 Å². The number of carbonyl (C=O) groups is 3. The molecule has 0 amide bonds. The number of nitrogens with zero attached hydrogens (tertiary/aromatic N) is 2. The van der Waals surface area contributed by atoms with Crippen LogP contribution in [0, 0.1) is 0 Å². The average molecular weight is 583 g/mol. The lowest BCUT2D eigenvalue weighted by atomic mass is 9.94. The van der Waals surface area contributed by atoms with Crippen molar-refractivity contribution in [2.45, 2.75) is 84.6 Å². The van der Waals surface area contributed by atoms with Crippen molar-refractivity contribution in [3.05, 3.63) is 0 Å². The normalized spacial score (nSPS) is 16.2. The van der Waals surface area contributed by atoms with Gasteiger partial charge in [-0.3, -0.25) is 13.9 Å². The number of nitrogens with two attached hydrogens (primary N) is 1. The summed E-state index contributed by atoms with van der Waals surface area (Å²) in [5, 5.41) is 0. The third-order valence-electron chi connectivity index (χ3n) is 5.64. The fourth-order valence-corrected chi connectivity index (χ4v) is 5.04. The molecule has 1 aliphatic carbocycles. The molecule has 39 heavy (non-hydrogen) atoms. The molecule has 0 aromatic rings. The summed E-state index contributed by atoms with van der Waals surface area (Å²) in [5.74, 6) is -0.809. The van der Waals surface area contributed by atoms with Crippen LogP contribution in [0.3, 0.4) is 0 Å². The highest BCUT2D eigenvalue weighted by Crippen LogP contribution is 2.50. The monoisotopic (exact) mass is 582 g/mol. The van der Waals surface area contributed by atoms with Gasteiger partial charge in [-0.2, -0.15) is 0 Å². The fraction of sp³-hybridized carbons (Fsp3) is 0.833. The van der Waals surface area contributed by atoms with Crippen molar-refractivity contribution in [2.75, 3.05) is 46.7 Å². The quantitative estimate of drug-likeness (QED) is 0.0510. The van der Waals surface area contributed by atoms with Gasteiger partial charge < -0.3 is 24.7 Å². The van der Waals surface area contributed by atoms with Gasteiger partial charge in [0.25, 0.3) is 0 Å². The summed E-state index contributed by atoms with van der Waals surface area (Å²) in [6.45, 7) is 5.08. The zero-order chi connectivity index (χ0) is 29.2. The molecule has 1 rings (SSSR count). The van der Waals surface area contributed by atoms with E-state index in [0.29, 0.717) is 12.8 Å². The first-order valence-electron chi connectivity index (χ1n) is 13.5. The van der Waals surface area contributed by atoms with Gasteiger partial charge in [-0.1, -0.05) is 24.9 Å². The van der Waals surface area contributed by atoms with Gasteiger partial charge in [-0.05, 0) is 25.7 Å². The van der Waals surface area contributed by atoms with Crippen LogP contribution in [0.4, 0.5) is 9.59 Å². The maximum atomic E-state index is 13.6. The molecule has 15 heteroatoms. The van der Waals surface area contributed by atoms with Crippen LogP contribution >= 0.6 is 7.75 Å². The number of hydrogen-bond donors (Lipinski definition) is 1. The molecule has 0 saturated heterocycles. The summed E-state index contributed by atoms with van der Waals surface area (Å²) < 4.78 is 47.7. The average Bonchev–Trinajstić information content (AvgIpc) is 2.90. The van der Waals surface area contributed by atoms with E-state index in [1.54, 1.807) is 7.05 Å². The van der Waals surface area contributed by atoms with Crippen LogP contribution in [-0.2, 0) is 42.2 Å². The molecule has 0 aromatic heterocycles. The summed E-state index contributed by atoms with van der Waals surface area (Å²) in [4.78, 5) is 40.4. The largest absolute Gasteiger partial charge is 0.508 e. The highest BCUT2D eigenvalue weighted by atomic mass is 31.2. The van der Waals surface area contributed by atoms with E-state index in [9.17, 15) is 18.9 Å². The van der Waals surface area contributed by atoms with E-state index in [4.69, 9.17) is 38.6 Å². The SMILES string of the molecule is CCCOC(=O)OCCCOP(=O)(N=C(N)[N+](C)(OC(C)=O)C1CCCCC1)OCCCOC(=O)OCCC. The first kappa shape index (κ1) is 34.6. The predicted octanol–water partition coefficient (Wildman–Crippen LogP) is 4.61. The molecule has 1 saturated carbocycles. The Labute approximate surface area is 230 Å². The first-order valence-corrected chi connectivity index (χ1v) is 15.0. The molecular formula is C24H45N3O11P+. The second kappa shape index (κ2) is 18.8. The number of carbonyl (C=O) groups excluding carboxylic acids is 3. The molecule has 226 valence electrons. The van der Waals surface area contributed by atoms with Crippen molar-refractivity contribution in [1.29, 1.82) is 0 Å². The van der Waals surface area contributed by atoms with Gasteiger partial charge in [0.15, 0.2) is 0 Å². The second-order valence-corrected chi connectivity index (χ2v) is 10.7. The third-order valence-corrected chi connectivity index (χ3v) is 7.11. The molecule has 0 radical (unpaired) electrons. The molecule has 1 atom stereocenters. The summed E-state index contributed by atoms with van der Waals surface area (Å²) in [6.07, 6.45) is 4.45. The molecule has 1 fully saturated rings. The maximum Gasteiger partial charge on any atom is 0.508 e. The Kier molecular flexibility index (Phi) is 16.7. The van der Waals surface area contributed by atoms with Crippen LogP contribution in [0.25, 0.3) is 0 Å². The van der Waals surface area contributed by atoms with Gasteiger partial charge in [0.1, 0.15) is 13.1 Å². The van der Waals surface area contributed by atoms with E-state index in [0.717, 1.165) is 32.1 Å². The molecule has 14 nitrogen and oxygen atoms in total. The van der Waals surface area contributed by atoms with Crippen molar-refractivity contribution in [2.24, 2.45) is 10.5 Å². The van der Waals surface area contributed by atoms with Crippen molar-refractivity contribution in [3.63, 3.8) is 0 Å². The Morgan fingerprint density at radius 3 is 1.72 bits per heavy atom. The molecule has 1 aliphatic rings. The molecule has 1 unspecified atom stereocenters. The van der Waals surface area contributed by atoms with Crippen molar-refractivity contribution < 1.29 is 56.4 Å². The van der Waals surface area contributed by atoms with Crippen molar-refractivity contribution in [3.8, 4) is 0 Å². The number of quaternary nitrogens is 1. The Morgan fingerprint density at radius 1 is 0.821 bits per heavy atom. The molecule has 0 bridgehead atoms. The maximum absolute atomic E-state index is 13.6. The summed E-state index contributed by atoms with van der Waals surface area (Å²) in [6, 6.07) is -0.176. The van der Waals surface area contributed by atoms with Crippen LogP contribution in [0.15, 0.2) is 4.76 Å². The summed E-state index contributed by atoms with van der Waals surface area (Å²) >= 11 is 0. The lowest BCUT2D eigenvalue weighted by Crippen LogP contribution is -2.60. The molecule has 0 aliphatic heterocycles. The zero-order valence-electron chi connectivity index (χ0n) is 23.6. The molecular weight excluding hydrogens is 537 g/mol. The lowest BCUT2D eigenvalue weighted by Gasteiger charge is -2.37. The molecule has 0 aromatic carbocycles. The Morgan fingerprint density at radius 2 is 1.28 bits per heavy atom. The van der Waals surface area contributed by atoms with E-state index >= 15 is 0 Å². The topological polar surface area (TPSA) is 171 Å². The Hall–Kier alpha value is -2.41. The van der Waals surface area contributed by atoms with Gasteiger partial charge in [0, 0.05) is 32.6 Å². The van der Waals surface area contributed by atoms with Crippen LogP contribution in [0.1, 0.15) is 78.6 Å². The van der Waals surface area contributed by atoms with Gasteiger partial charge in [0.05, 0.1) is 39.6 Å². The minimum absolute atomic E-state index is 0.0429. The minimum atomic E-state index is -4.22. The van der Waals surface area contributed by atoms with Crippen molar-refractivity contribution >= 4 is 32.0 Å². The van der Waals surface area contributed by atoms with E-state index in [2.05, 4.69) is 4.76 Å². The number of ether oxygens (including phenoxy) is 4. The number of hydrogen-bond acceptors (Lipinski definition) is 11. The van der Waals surface area contributed by atoms with Crippen LogP contribution in [-0.4, -0.2) is 81.6 Å². The van der Waals surface area contributed by atoms with Gasteiger partial charge in [-0.15, -0.1) is 4.76 Å². The smallest absolute Gasteiger partial charge is 0.434 e. The fourth-order valence-electron chi connectivity index (χ4n) is 3.70. The van der Waals surface area contributed by atoms with E-state index < -0.39 is 30.7 Å². The highest BCUT2D eigenvalue weighted by molar-refractivity contribution is 7.52. The summed E-state index contributed by atoms with van der Waals surface area (Å²) in [7, 11) is -2.63. The van der Waals surface area contributed by atoms with Gasteiger partial charge in [0.2, 0.25) is 0 Å². The number of hydroxylamine groups is 3. The molecule has 0 heterocycles. The standard InChI is InChI=1S/C24H45N3O11P/c1-5-14-32-23(29)34-16-10-18-36-39(31,37-19-11-17-35-24(30)33-15-6-2)26-22(25)27(4,38-20(3)28)21-12-8-7-9-13-21/h21H,5-19H2,1-4H3,(H2,25,26,31)/q+1. The second-order valence-electron chi connectivity index (χ2n) is 9.06. The van der Waals surface area contributed by atoms with E-state index in [1.165, 1.54) is 6.92 Å². The third kappa shape index (κ3) is 14.0. The predicted molar refractivity (Wildman–Crippen MR) is 140 cm³/mol. The zero-order valence-corrected chi connectivity index (χ0v) is 24.5. The molecule has 2 N–H and O–H groups in total. The lowest BCUT2D eigenvalue weighted by molar-refractivity contribution is -1.02. The Balaban J connectivity index is 2.89. The van der Waals surface area contributed by atoms with E-state index in [-0.39, 0.29) is 64.5 Å². The van der Waals surface area contributed by atoms with Crippen LogP contribution < -0.4 is 5.73 Å². The highest BCUT2D eigenvalue weighted by Gasteiger charge is 2.44. The van der Waals surface area contributed by atoms with Gasteiger partial charge in [-0.25, -0.2) is 18.9 Å². The Bertz CT molecular complexity index is 802. The van der Waals surface area contributed by atoms with Gasteiger partial charge >= 0.3 is 32.0 Å². The number of rotatable bonds is 16. The summed E-state index contributed by atoms with van der Waals surface area (Å²) in [5.41, 5.74) is 6.29. The molecule has 0 spiro atoms. The van der Waals surface area contributed by atoms with Crippen LogP contribution in [0.5, 0.6) is 0 Å². The number of guanidine groups is 1. The van der Waals surface area contributed by atoms with E-state index in [1.807, 2.05) is 13.8 Å². The first-order chi connectivity index (χ1) is 18.6.